The van der Waals surface area contributed by atoms with Gasteiger partial charge < -0.3 is 29.2 Å². The van der Waals surface area contributed by atoms with Crippen molar-refractivity contribution in [2.24, 2.45) is 0 Å². The molecule has 0 fully saturated rings. The average Bonchev–Trinajstić information content (AvgIpc) is 2.83. The number of hydrogen-bond acceptors (Lipinski definition) is 8. The van der Waals surface area contributed by atoms with E-state index in [9.17, 15) is 29.7 Å². The van der Waals surface area contributed by atoms with Crippen molar-refractivity contribution in [2.45, 2.75) is 25.9 Å². The van der Waals surface area contributed by atoms with Crippen LogP contribution in [0.3, 0.4) is 0 Å². The number of Topliss-reactive ketones (excluding diaryl/α,β-unsaturated/α-hetero) is 1. The SMILES string of the molecule is C=CCc1c(OCC(O)COc2ccc3c(=O)cc(C(=O)O)oc3c2CC=C)ccc(C(C)=O)c1O.[NaH]. The molecule has 1 aromatic heterocycles. The molecule has 1 atom stereocenters. The maximum absolute atomic E-state index is 12.3. The van der Waals surface area contributed by atoms with E-state index in [1.165, 1.54) is 31.2 Å². The summed E-state index contributed by atoms with van der Waals surface area (Å²) in [6.07, 6.45) is 2.48. The zero-order valence-corrected chi connectivity index (χ0v) is 19.7. The quantitative estimate of drug-likeness (QED) is 0.187. The van der Waals surface area contributed by atoms with Crippen molar-refractivity contribution in [3.8, 4) is 17.2 Å². The van der Waals surface area contributed by atoms with E-state index in [0.29, 0.717) is 11.1 Å². The number of fused-ring (bicyclic) bond motifs is 1. The molecule has 1 unspecified atom stereocenters. The van der Waals surface area contributed by atoms with Gasteiger partial charge in [0.05, 0.1) is 10.9 Å². The molecule has 0 saturated heterocycles. The zero-order valence-electron chi connectivity index (χ0n) is 19.7. The van der Waals surface area contributed by atoms with Crippen LogP contribution in [-0.2, 0) is 12.8 Å². The molecule has 0 aliphatic heterocycles. The zero-order chi connectivity index (χ0) is 26.4. The number of phenols is 1. The van der Waals surface area contributed by atoms with E-state index in [0.717, 1.165) is 6.07 Å². The Labute approximate surface area is 234 Å². The summed E-state index contributed by atoms with van der Waals surface area (Å²) in [5, 5.41) is 30.3. The molecule has 37 heavy (non-hydrogen) atoms. The second kappa shape index (κ2) is 13.3. The van der Waals surface area contributed by atoms with Crippen molar-refractivity contribution in [1.82, 2.24) is 0 Å². The number of hydrogen-bond donors (Lipinski definition) is 3. The Morgan fingerprint density at radius 2 is 1.59 bits per heavy atom. The second-order valence-corrected chi connectivity index (χ2v) is 7.96. The van der Waals surface area contributed by atoms with E-state index in [1.807, 2.05) is 0 Å². The number of aliphatic hydroxyl groups is 1. The van der Waals surface area contributed by atoms with Gasteiger partial charge in [-0.15, -0.1) is 13.2 Å². The molecule has 2 aromatic carbocycles. The van der Waals surface area contributed by atoms with Gasteiger partial charge in [-0.3, -0.25) is 9.59 Å². The maximum atomic E-state index is 12.3. The van der Waals surface area contributed by atoms with E-state index in [2.05, 4.69) is 13.2 Å². The first-order chi connectivity index (χ1) is 17.2. The Hall–Kier alpha value is -3.37. The van der Waals surface area contributed by atoms with Crippen molar-refractivity contribution >= 4 is 52.3 Å². The number of aromatic hydroxyl groups is 1. The van der Waals surface area contributed by atoms with E-state index in [-0.39, 0.29) is 95.2 Å². The summed E-state index contributed by atoms with van der Waals surface area (Å²) >= 11 is 0. The van der Waals surface area contributed by atoms with Crippen LogP contribution in [0.25, 0.3) is 11.0 Å². The third-order valence-electron chi connectivity index (χ3n) is 5.35. The van der Waals surface area contributed by atoms with Gasteiger partial charge >= 0.3 is 35.5 Å². The first-order valence-corrected chi connectivity index (χ1v) is 11.0. The molecular formula is C27H27NaO9. The van der Waals surface area contributed by atoms with Gasteiger partial charge in [-0.2, -0.15) is 0 Å². The van der Waals surface area contributed by atoms with Crippen molar-refractivity contribution in [2.75, 3.05) is 13.2 Å². The van der Waals surface area contributed by atoms with Gasteiger partial charge in [-0.25, -0.2) is 4.79 Å². The standard InChI is InChI=1S/C27H26O9.Na.H/c1-4-6-19-22(10-8-17(15(3)28)25(19)31)34-13-16(29)14-35-23-11-9-18-21(30)12-24(27(32)33)36-26(18)20(23)7-5-2;;/h4-5,8-12,16,29,31H,1-2,6-7,13-14H2,3H3,(H,32,33);;. The number of carbonyl (C=O) groups excluding carboxylic acids is 1. The van der Waals surface area contributed by atoms with Crippen LogP contribution in [0.2, 0.25) is 0 Å². The number of phenolic OH excluding ortho intramolecular Hbond substituents is 1. The number of benzene rings is 2. The van der Waals surface area contributed by atoms with Crippen molar-refractivity contribution in [3.63, 3.8) is 0 Å². The number of carbonyl (C=O) groups is 2. The van der Waals surface area contributed by atoms with Gasteiger partial charge in [0, 0.05) is 17.2 Å². The first kappa shape index (κ1) is 29.9. The summed E-state index contributed by atoms with van der Waals surface area (Å²) in [6, 6.07) is 6.88. The number of allylic oxidation sites excluding steroid dienone is 2. The molecule has 0 aliphatic carbocycles. The first-order valence-electron chi connectivity index (χ1n) is 11.0. The monoisotopic (exact) mass is 518 g/mol. The van der Waals surface area contributed by atoms with Gasteiger partial charge in [0.2, 0.25) is 5.76 Å². The third kappa shape index (κ3) is 6.90. The molecular weight excluding hydrogens is 491 g/mol. The summed E-state index contributed by atoms with van der Waals surface area (Å²) in [4.78, 5) is 35.4. The fraction of sp³-hybridized carbons (Fsp3) is 0.222. The summed E-state index contributed by atoms with van der Waals surface area (Å²) in [5.41, 5.74) is 0.505. The minimum absolute atomic E-state index is 0. The predicted molar refractivity (Wildman–Crippen MR) is 140 cm³/mol. The molecule has 0 aliphatic rings. The van der Waals surface area contributed by atoms with Crippen molar-refractivity contribution in [3.05, 3.63) is 88.3 Å². The number of carboxylic acid groups (broad SMARTS) is 1. The molecule has 10 heteroatoms. The molecule has 0 spiro atoms. The van der Waals surface area contributed by atoms with Crippen LogP contribution in [0.5, 0.6) is 17.2 Å². The second-order valence-electron chi connectivity index (χ2n) is 7.96. The van der Waals surface area contributed by atoms with Crippen LogP contribution in [0.4, 0.5) is 0 Å². The van der Waals surface area contributed by atoms with Crippen LogP contribution in [-0.4, -0.2) is 75.9 Å². The number of rotatable bonds is 12. The third-order valence-corrected chi connectivity index (χ3v) is 5.35. The van der Waals surface area contributed by atoms with Crippen molar-refractivity contribution in [1.29, 1.82) is 0 Å². The molecule has 0 radical (unpaired) electrons. The van der Waals surface area contributed by atoms with Gasteiger partial charge in [-0.05, 0) is 44.0 Å². The summed E-state index contributed by atoms with van der Waals surface area (Å²) < 4.78 is 16.9. The van der Waals surface area contributed by atoms with Gasteiger partial charge in [0.25, 0.3) is 0 Å². The molecule has 0 amide bonds. The van der Waals surface area contributed by atoms with E-state index in [4.69, 9.17) is 13.9 Å². The summed E-state index contributed by atoms with van der Waals surface area (Å²) in [7, 11) is 0. The molecule has 0 bridgehead atoms. The number of aliphatic hydroxyl groups excluding tert-OH is 1. The Morgan fingerprint density at radius 3 is 2.16 bits per heavy atom. The number of ketones is 1. The van der Waals surface area contributed by atoms with Crippen LogP contribution in [0, 0.1) is 0 Å². The van der Waals surface area contributed by atoms with Gasteiger partial charge in [-0.1, -0.05) is 12.2 Å². The molecule has 1 heterocycles. The molecule has 3 N–H and O–H groups in total. The topological polar surface area (TPSA) is 144 Å². The fourth-order valence-corrected chi connectivity index (χ4v) is 3.63. The van der Waals surface area contributed by atoms with E-state index >= 15 is 0 Å². The fourth-order valence-electron chi connectivity index (χ4n) is 3.63. The number of carboxylic acids is 1. The Morgan fingerprint density at radius 1 is 1.03 bits per heavy atom. The molecule has 190 valence electrons. The average molecular weight is 518 g/mol. The van der Waals surface area contributed by atoms with E-state index in [1.54, 1.807) is 12.2 Å². The van der Waals surface area contributed by atoms with Gasteiger partial charge in [0.1, 0.15) is 42.1 Å². The van der Waals surface area contributed by atoms with Crippen LogP contribution < -0.4 is 14.9 Å². The number of ether oxygens (including phenoxy) is 2. The Balaban J connectivity index is 0.00000481. The van der Waals surface area contributed by atoms with E-state index < -0.39 is 23.3 Å². The Bertz CT molecular complexity index is 1390. The molecule has 3 aromatic rings. The number of aromatic carboxylic acids is 1. The summed E-state index contributed by atoms with van der Waals surface area (Å²) in [5.74, 6) is -1.80. The molecule has 3 rings (SSSR count). The molecule has 0 saturated carbocycles. The van der Waals surface area contributed by atoms with Crippen LogP contribution in [0.1, 0.15) is 39.0 Å². The minimum atomic E-state index is -1.38. The Kier molecular flexibility index (Phi) is 10.7. The summed E-state index contributed by atoms with van der Waals surface area (Å²) in [6.45, 7) is 8.28. The molecule has 9 nitrogen and oxygen atoms in total. The van der Waals surface area contributed by atoms with Crippen LogP contribution >= 0.6 is 0 Å². The van der Waals surface area contributed by atoms with Crippen LogP contribution in [0.15, 0.2) is 64.9 Å². The normalized spacial score (nSPS) is 11.3. The van der Waals surface area contributed by atoms with Gasteiger partial charge in [0.15, 0.2) is 11.2 Å². The predicted octanol–water partition coefficient (Wildman–Crippen LogP) is 3.03. The van der Waals surface area contributed by atoms with Crippen molar-refractivity contribution < 1.29 is 38.8 Å².